The predicted octanol–water partition coefficient (Wildman–Crippen LogP) is 10.3. The molecule has 4 nitrogen and oxygen atoms in total. The molecule has 0 unspecified atom stereocenters. The largest absolute Gasteiger partial charge is 0.337 e. The molecule has 2 heterocycles. The third kappa shape index (κ3) is 4.36. The number of para-hydroxylation sites is 2. The minimum atomic E-state index is 0.0313. The first-order valence-corrected chi connectivity index (χ1v) is 15.0. The fraction of sp³-hybridized carbons (Fsp3) is 0.150. The summed E-state index contributed by atoms with van der Waals surface area (Å²) < 4.78 is 4.41. The Labute approximate surface area is 257 Å². The number of fused-ring (bicyclic) bond motifs is 8. The molecule has 4 heteroatoms. The van der Waals surface area contributed by atoms with Gasteiger partial charge in [-0.05, 0) is 58.2 Å². The summed E-state index contributed by atoms with van der Waals surface area (Å²) >= 11 is 0. The maximum Gasteiger partial charge on any atom is 0.101 e. The summed E-state index contributed by atoms with van der Waals surface area (Å²) in [4.78, 5) is 0. The minimum absolute atomic E-state index is 0.0313. The van der Waals surface area contributed by atoms with E-state index < -0.39 is 0 Å². The topological polar surface area (TPSA) is 57.4 Å². The second-order valence-electron chi connectivity index (χ2n) is 12.4. The number of aromatic nitrogens is 2. The molecule has 0 atom stereocenters. The van der Waals surface area contributed by atoms with Crippen molar-refractivity contribution in [2.24, 2.45) is 0 Å². The Morgan fingerprint density at radius 2 is 1.34 bits per heavy atom. The number of hydrogen-bond donors (Lipinski definition) is 0. The van der Waals surface area contributed by atoms with Crippen molar-refractivity contribution < 1.29 is 0 Å². The molecule has 0 spiro atoms. The van der Waals surface area contributed by atoms with Gasteiger partial charge < -0.3 is 9.13 Å². The van der Waals surface area contributed by atoms with E-state index in [1.807, 2.05) is 30.3 Å². The van der Waals surface area contributed by atoms with Crippen LogP contribution in [0.25, 0.3) is 60.1 Å². The molecular formula is C40H32N4. The van der Waals surface area contributed by atoms with E-state index in [1.165, 1.54) is 27.1 Å². The summed E-state index contributed by atoms with van der Waals surface area (Å²) in [6, 6.07) is 40.9. The number of nitriles is 2. The molecule has 0 amide bonds. The normalized spacial score (nSPS) is 12.8. The maximum absolute atomic E-state index is 10.4. The standard InChI is InChI=1S/C40H32N4/c1-40(2,3)29-19-21-35-33(25-29)39-30-13-5-4-11-27(30)18-20-38(39)43(35)24-10-12-28(26-42)34(22-23-41)44-36-16-8-6-14-31(36)32-15-7-9-17-37(32)44/h4-21,25H,22,24H2,1-3H3/b12-10-,34-28-. The second kappa shape index (κ2) is 10.6. The number of allylic oxidation sites excluding steroid dienone is 4. The maximum atomic E-state index is 10.4. The number of nitrogens with zero attached hydrogens (tertiary/aromatic N) is 4. The van der Waals surface area contributed by atoms with Crippen LogP contribution < -0.4 is 0 Å². The summed E-state index contributed by atoms with van der Waals surface area (Å²) in [5.41, 5.74) is 6.81. The monoisotopic (exact) mass is 568 g/mol. The van der Waals surface area contributed by atoms with E-state index in [-0.39, 0.29) is 11.8 Å². The van der Waals surface area contributed by atoms with Crippen molar-refractivity contribution in [2.45, 2.75) is 39.2 Å². The molecule has 5 aromatic carbocycles. The summed E-state index contributed by atoms with van der Waals surface area (Å²) in [6.45, 7) is 7.34. The molecule has 0 aliphatic heterocycles. The highest BCUT2D eigenvalue weighted by Crippen LogP contribution is 2.38. The molecule has 7 aromatic rings. The van der Waals surface area contributed by atoms with Crippen LogP contribution in [0.5, 0.6) is 0 Å². The molecular weight excluding hydrogens is 536 g/mol. The van der Waals surface area contributed by atoms with Crippen LogP contribution in [0.4, 0.5) is 0 Å². The Bertz CT molecular complexity index is 2340. The quantitative estimate of drug-likeness (QED) is 0.153. The van der Waals surface area contributed by atoms with E-state index in [0.29, 0.717) is 17.8 Å². The molecule has 0 N–H and O–H groups in total. The van der Waals surface area contributed by atoms with Gasteiger partial charge in [0.1, 0.15) is 6.07 Å². The third-order valence-corrected chi connectivity index (χ3v) is 8.72. The van der Waals surface area contributed by atoms with Crippen LogP contribution in [0.3, 0.4) is 0 Å². The molecule has 0 aliphatic rings. The van der Waals surface area contributed by atoms with Crippen molar-refractivity contribution in [1.29, 1.82) is 10.5 Å². The van der Waals surface area contributed by atoms with Crippen molar-refractivity contribution in [3.8, 4) is 12.1 Å². The molecule has 2 aromatic heterocycles. The van der Waals surface area contributed by atoms with Gasteiger partial charge in [0, 0.05) is 33.6 Å². The Morgan fingerprint density at radius 1 is 0.705 bits per heavy atom. The third-order valence-electron chi connectivity index (χ3n) is 8.72. The van der Waals surface area contributed by atoms with E-state index in [4.69, 9.17) is 0 Å². The molecule has 212 valence electrons. The van der Waals surface area contributed by atoms with Crippen LogP contribution in [-0.2, 0) is 12.0 Å². The van der Waals surface area contributed by atoms with Crippen LogP contribution in [0.2, 0.25) is 0 Å². The molecule has 0 fully saturated rings. The highest BCUT2D eigenvalue weighted by atomic mass is 15.0. The lowest BCUT2D eigenvalue weighted by molar-refractivity contribution is 0.591. The first-order valence-electron chi connectivity index (χ1n) is 15.0. The SMILES string of the molecule is CC(C)(C)c1ccc2c(c1)c1c3ccccc3ccc1n2C/C=C\C(C#N)=C(/CC#N)n1c2ccccc2c2ccccc21. The van der Waals surface area contributed by atoms with Gasteiger partial charge in [0.2, 0.25) is 0 Å². The smallest absolute Gasteiger partial charge is 0.101 e. The molecule has 44 heavy (non-hydrogen) atoms. The molecule has 0 radical (unpaired) electrons. The van der Waals surface area contributed by atoms with Gasteiger partial charge in [-0.25, -0.2) is 0 Å². The average Bonchev–Trinajstić information content (AvgIpc) is 3.54. The molecule has 0 saturated carbocycles. The van der Waals surface area contributed by atoms with E-state index in [9.17, 15) is 10.5 Å². The van der Waals surface area contributed by atoms with Crippen LogP contribution >= 0.6 is 0 Å². The van der Waals surface area contributed by atoms with Gasteiger partial charge >= 0.3 is 0 Å². The van der Waals surface area contributed by atoms with Crippen molar-refractivity contribution in [3.05, 3.63) is 126 Å². The zero-order valence-electron chi connectivity index (χ0n) is 25.2. The van der Waals surface area contributed by atoms with Gasteiger partial charge in [0.25, 0.3) is 0 Å². The predicted molar refractivity (Wildman–Crippen MR) is 183 cm³/mol. The first-order chi connectivity index (χ1) is 21.4. The van der Waals surface area contributed by atoms with E-state index >= 15 is 0 Å². The second-order valence-corrected chi connectivity index (χ2v) is 12.4. The van der Waals surface area contributed by atoms with E-state index in [0.717, 1.165) is 32.8 Å². The van der Waals surface area contributed by atoms with Crippen LogP contribution in [-0.4, -0.2) is 9.13 Å². The van der Waals surface area contributed by atoms with Crippen LogP contribution in [0, 0.1) is 22.7 Å². The van der Waals surface area contributed by atoms with Crippen molar-refractivity contribution in [1.82, 2.24) is 9.13 Å². The van der Waals surface area contributed by atoms with Crippen LogP contribution in [0.15, 0.2) is 121 Å². The zero-order valence-corrected chi connectivity index (χ0v) is 25.2. The summed E-state index contributed by atoms with van der Waals surface area (Å²) in [5, 5.41) is 27.4. The Balaban J connectivity index is 1.40. The van der Waals surface area contributed by atoms with Crippen molar-refractivity contribution in [3.63, 3.8) is 0 Å². The summed E-state index contributed by atoms with van der Waals surface area (Å²) in [7, 11) is 0. The van der Waals surface area contributed by atoms with Gasteiger partial charge in [-0.3, -0.25) is 0 Å². The summed E-state index contributed by atoms with van der Waals surface area (Å²) in [6.07, 6.45) is 4.06. The van der Waals surface area contributed by atoms with Gasteiger partial charge in [0.15, 0.2) is 0 Å². The first kappa shape index (κ1) is 27.3. The van der Waals surface area contributed by atoms with E-state index in [1.54, 1.807) is 0 Å². The lowest BCUT2D eigenvalue weighted by Gasteiger charge is -2.19. The molecule has 7 rings (SSSR count). The number of hydrogen-bond acceptors (Lipinski definition) is 2. The molecule has 0 bridgehead atoms. The zero-order chi connectivity index (χ0) is 30.4. The molecule has 0 aliphatic carbocycles. The Hall–Kier alpha value is -5.58. The van der Waals surface area contributed by atoms with Gasteiger partial charge in [-0.2, -0.15) is 10.5 Å². The van der Waals surface area contributed by atoms with Gasteiger partial charge in [-0.1, -0.05) is 99.6 Å². The average molecular weight is 569 g/mol. The highest BCUT2D eigenvalue weighted by Gasteiger charge is 2.19. The minimum Gasteiger partial charge on any atom is -0.337 e. The van der Waals surface area contributed by atoms with Crippen molar-refractivity contribution >= 4 is 60.1 Å². The van der Waals surface area contributed by atoms with Crippen molar-refractivity contribution in [2.75, 3.05) is 0 Å². The fourth-order valence-electron chi connectivity index (χ4n) is 6.59. The van der Waals surface area contributed by atoms with Crippen LogP contribution in [0.1, 0.15) is 32.8 Å². The molecule has 0 saturated heterocycles. The van der Waals surface area contributed by atoms with E-state index in [2.05, 4.69) is 127 Å². The Morgan fingerprint density at radius 3 is 2.00 bits per heavy atom. The number of rotatable bonds is 5. The van der Waals surface area contributed by atoms with Gasteiger partial charge in [-0.15, -0.1) is 0 Å². The summed E-state index contributed by atoms with van der Waals surface area (Å²) in [5.74, 6) is 0. The lowest BCUT2D eigenvalue weighted by Crippen LogP contribution is -2.10. The fourth-order valence-corrected chi connectivity index (χ4v) is 6.59. The lowest BCUT2D eigenvalue weighted by atomic mass is 9.86. The number of benzene rings is 5. The van der Waals surface area contributed by atoms with Gasteiger partial charge in [0.05, 0.1) is 40.3 Å². The Kier molecular flexibility index (Phi) is 6.57. The highest BCUT2D eigenvalue weighted by molar-refractivity contribution is 6.20.